The van der Waals surface area contributed by atoms with Crippen molar-refractivity contribution in [1.29, 1.82) is 0 Å². The van der Waals surface area contributed by atoms with E-state index in [0.717, 1.165) is 17.9 Å². The lowest BCUT2D eigenvalue weighted by Crippen LogP contribution is -2.34. The quantitative estimate of drug-likeness (QED) is 0.729. The number of carbonyl (C=O) groups excluding carboxylic acids is 1. The summed E-state index contributed by atoms with van der Waals surface area (Å²) in [5.74, 6) is 1.40. The molecular formula is C12H16N2O2. The first-order valence-corrected chi connectivity index (χ1v) is 5.82. The maximum atomic E-state index is 11.7. The molecule has 0 aromatic rings. The molecular weight excluding hydrogens is 204 g/mol. The molecule has 0 spiro atoms. The summed E-state index contributed by atoms with van der Waals surface area (Å²) < 4.78 is 5.66. The maximum Gasteiger partial charge on any atom is 0.322 e. The monoisotopic (exact) mass is 220 g/mol. The molecule has 3 rings (SSSR count). The Morgan fingerprint density at radius 2 is 2.38 bits per heavy atom. The van der Waals surface area contributed by atoms with Crippen LogP contribution in [0.25, 0.3) is 0 Å². The maximum absolute atomic E-state index is 11.7. The third-order valence-electron chi connectivity index (χ3n) is 3.49. The van der Waals surface area contributed by atoms with Crippen molar-refractivity contribution < 1.29 is 9.53 Å². The van der Waals surface area contributed by atoms with Crippen molar-refractivity contribution in [2.75, 3.05) is 13.2 Å². The Bertz CT molecular complexity index is 409. The molecule has 0 aromatic carbocycles. The smallest absolute Gasteiger partial charge is 0.322 e. The van der Waals surface area contributed by atoms with Gasteiger partial charge in [0.2, 0.25) is 0 Å². The highest BCUT2D eigenvalue weighted by Crippen LogP contribution is 2.36. The number of urea groups is 1. The largest absolute Gasteiger partial charge is 0.490 e. The third kappa shape index (κ3) is 1.25. The van der Waals surface area contributed by atoms with Gasteiger partial charge in [-0.2, -0.15) is 0 Å². The van der Waals surface area contributed by atoms with E-state index in [4.69, 9.17) is 4.74 Å². The van der Waals surface area contributed by atoms with E-state index in [0.29, 0.717) is 19.1 Å². The Morgan fingerprint density at radius 1 is 1.56 bits per heavy atom. The average Bonchev–Trinajstić information content (AvgIpc) is 2.58. The summed E-state index contributed by atoms with van der Waals surface area (Å²) in [6.07, 6.45) is 3.03. The molecule has 16 heavy (non-hydrogen) atoms. The first-order chi connectivity index (χ1) is 7.66. The van der Waals surface area contributed by atoms with Crippen molar-refractivity contribution in [3.8, 4) is 0 Å². The van der Waals surface area contributed by atoms with Crippen molar-refractivity contribution in [2.24, 2.45) is 5.92 Å². The number of ether oxygens (including phenoxy) is 1. The zero-order valence-electron chi connectivity index (χ0n) is 9.62. The van der Waals surface area contributed by atoms with Crippen molar-refractivity contribution in [3.63, 3.8) is 0 Å². The van der Waals surface area contributed by atoms with Gasteiger partial charge in [-0.25, -0.2) is 4.79 Å². The lowest BCUT2D eigenvalue weighted by atomic mass is 9.89. The molecule has 0 bridgehead atoms. The van der Waals surface area contributed by atoms with E-state index < -0.39 is 0 Å². The average molecular weight is 220 g/mol. The van der Waals surface area contributed by atoms with E-state index in [1.54, 1.807) is 0 Å². The fourth-order valence-electron chi connectivity index (χ4n) is 2.57. The van der Waals surface area contributed by atoms with E-state index in [9.17, 15) is 4.79 Å². The number of nitrogens with zero attached hydrogens (tertiary/aromatic N) is 1. The van der Waals surface area contributed by atoms with Crippen molar-refractivity contribution >= 4 is 6.03 Å². The van der Waals surface area contributed by atoms with E-state index in [1.807, 2.05) is 4.90 Å². The molecule has 2 heterocycles. The summed E-state index contributed by atoms with van der Waals surface area (Å²) in [7, 11) is 0. The van der Waals surface area contributed by atoms with E-state index in [2.05, 4.69) is 25.2 Å². The van der Waals surface area contributed by atoms with Gasteiger partial charge >= 0.3 is 6.03 Å². The Kier molecular flexibility index (Phi) is 1.99. The summed E-state index contributed by atoms with van der Waals surface area (Å²) in [5, 5.41) is 3.02. The molecule has 1 N–H and O–H groups in total. The highest BCUT2D eigenvalue weighted by Gasteiger charge is 2.41. The molecule has 0 radical (unpaired) electrons. The highest BCUT2D eigenvalue weighted by molar-refractivity contribution is 5.81. The van der Waals surface area contributed by atoms with Crippen LogP contribution in [0.4, 0.5) is 4.79 Å². The molecule has 86 valence electrons. The van der Waals surface area contributed by atoms with Crippen LogP contribution in [0.5, 0.6) is 0 Å². The standard InChI is InChI=1S/C12H16N2O2/c1-7(2)8-5-9-11-10(6-8)16-4-3-14(11)12(15)13-9/h6-7,9H,3-5H2,1-2H3,(H,13,15). The Morgan fingerprint density at radius 3 is 3.12 bits per heavy atom. The second-order valence-corrected chi connectivity index (χ2v) is 4.83. The fraction of sp³-hybridized carbons (Fsp3) is 0.583. The second kappa shape index (κ2) is 3.27. The molecule has 1 aliphatic carbocycles. The summed E-state index contributed by atoms with van der Waals surface area (Å²) in [4.78, 5) is 13.5. The minimum absolute atomic E-state index is 0.0270. The highest BCUT2D eigenvalue weighted by atomic mass is 16.5. The number of amides is 2. The number of carbonyl (C=O) groups is 1. The molecule has 0 aromatic heterocycles. The third-order valence-corrected chi connectivity index (χ3v) is 3.49. The summed E-state index contributed by atoms with van der Waals surface area (Å²) in [5.41, 5.74) is 2.40. The molecule has 2 aliphatic heterocycles. The van der Waals surface area contributed by atoms with Crippen molar-refractivity contribution in [1.82, 2.24) is 10.2 Å². The number of rotatable bonds is 1. The predicted molar refractivity (Wildman–Crippen MR) is 59.5 cm³/mol. The van der Waals surface area contributed by atoms with Crippen LogP contribution >= 0.6 is 0 Å². The van der Waals surface area contributed by atoms with Crippen LogP contribution in [-0.2, 0) is 4.74 Å². The van der Waals surface area contributed by atoms with Gasteiger partial charge in [-0.3, -0.25) is 4.90 Å². The van der Waals surface area contributed by atoms with E-state index in [-0.39, 0.29) is 12.1 Å². The minimum atomic E-state index is 0.0270. The van der Waals surface area contributed by atoms with Crippen molar-refractivity contribution in [2.45, 2.75) is 26.3 Å². The topological polar surface area (TPSA) is 41.6 Å². The molecule has 0 saturated carbocycles. The van der Waals surface area contributed by atoms with Crippen molar-refractivity contribution in [3.05, 3.63) is 23.1 Å². The van der Waals surface area contributed by atoms with E-state index in [1.165, 1.54) is 5.57 Å². The first-order valence-electron chi connectivity index (χ1n) is 5.82. The lowest BCUT2D eigenvalue weighted by molar-refractivity contribution is 0.150. The SMILES string of the molecule is CC(C)C1=CC2=C3C(C1)NC(=O)N3CCO2. The predicted octanol–water partition coefficient (Wildman–Crippen LogP) is 1.61. The van der Waals surface area contributed by atoms with Gasteiger partial charge in [-0.1, -0.05) is 19.4 Å². The van der Waals surface area contributed by atoms with Gasteiger partial charge in [0.15, 0.2) is 0 Å². The second-order valence-electron chi connectivity index (χ2n) is 4.83. The Labute approximate surface area is 94.9 Å². The van der Waals surface area contributed by atoms with E-state index >= 15 is 0 Å². The molecule has 1 fully saturated rings. The van der Waals surface area contributed by atoms with Crippen LogP contribution in [0.15, 0.2) is 23.1 Å². The molecule has 4 nitrogen and oxygen atoms in total. The summed E-state index contributed by atoms with van der Waals surface area (Å²) >= 11 is 0. The normalized spacial score (nSPS) is 27.7. The van der Waals surface area contributed by atoms with Gasteiger partial charge in [0.1, 0.15) is 12.4 Å². The van der Waals surface area contributed by atoms with Gasteiger partial charge < -0.3 is 10.1 Å². The fourth-order valence-corrected chi connectivity index (χ4v) is 2.57. The molecule has 1 unspecified atom stereocenters. The lowest BCUT2D eigenvalue weighted by Gasteiger charge is -2.31. The molecule has 2 amide bonds. The van der Waals surface area contributed by atoms with Crippen LogP contribution < -0.4 is 5.32 Å². The van der Waals surface area contributed by atoms with Crippen LogP contribution in [0.1, 0.15) is 20.3 Å². The van der Waals surface area contributed by atoms with Gasteiger partial charge in [0, 0.05) is 0 Å². The van der Waals surface area contributed by atoms with Gasteiger partial charge in [0.25, 0.3) is 0 Å². The number of nitrogens with one attached hydrogen (secondary N) is 1. The van der Waals surface area contributed by atoms with Gasteiger partial charge in [-0.15, -0.1) is 0 Å². The summed E-state index contributed by atoms with van der Waals surface area (Å²) in [6, 6.07) is 0.157. The number of allylic oxidation sites excluding steroid dienone is 1. The first kappa shape index (κ1) is 9.75. The molecule has 1 atom stereocenters. The zero-order chi connectivity index (χ0) is 11.3. The Balaban J connectivity index is 2.03. The van der Waals surface area contributed by atoms with Crippen LogP contribution in [0.2, 0.25) is 0 Å². The van der Waals surface area contributed by atoms with Crippen LogP contribution in [-0.4, -0.2) is 30.1 Å². The van der Waals surface area contributed by atoms with Crippen LogP contribution in [0, 0.1) is 5.92 Å². The molecule has 1 saturated heterocycles. The summed E-state index contributed by atoms with van der Waals surface area (Å²) in [6.45, 7) is 5.62. The van der Waals surface area contributed by atoms with Gasteiger partial charge in [0.05, 0.1) is 18.3 Å². The Hall–Kier alpha value is -1.45. The zero-order valence-corrected chi connectivity index (χ0v) is 9.62. The number of hydrogen-bond acceptors (Lipinski definition) is 2. The minimum Gasteiger partial charge on any atom is -0.490 e. The van der Waals surface area contributed by atoms with Gasteiger partial charge in [-0.05, 0) is 18.4 Å². The molecule has 3 aliphatic rings. The molecule has 4 heteroatoms. The number of hydrogen-bond donors (Lipinski definition) is 1. The van der Waals surface area contributed by atoms with Crippen LogP contribution in [0.3, 0.4) is 0 Å².